The van der Waals surface area contributed by atoms with Crippen molar-refractivity contribution in [2.75, 3.05) is 18.5 Å². The van der Waals surface area contributed by atoms with Crippen LogP contribution in [0.2, 0.25) is 5.02 Å². The van der Waals surface area contributed by atoms with Crippen molar-refractivity contribution < 1.29 is 9.59 Å². The van der Waals surface area contributed by atoms with E-state index in [0.717, 1.165) is 10.4 Å². The fourth-order valence-corrected chi connectivity index (χ4v) is 5.42. The molecule has 0 fully saturated rings. The summed E-state index contributed by atoms with van der Waals surface area (Å²) in [6.07, 6.45) is 0. The zero-order chi connectivity index (χ0) is 22.1. The van der Waals surface area contributed by atoms with Crippen molar-refractivity contribution >= 4 is 40.4 Å². The molecule has 4 nitrogen and oxygen atoms in total. The van der Waals surface area contributed by atoms with Crippen LogP contribution in [0.5, 0.6) is 0 Å². The van der Waals surface area contributed by atoms with Crippen LogP contribution in [0.3, 0.4) is 0 Å². The molecule has 0 saturated carbocycles. The minimum Gasteiger partial charge on any atom is -0.329 e. The van der Waals surface area contributed by atoms with E-state index in [1.165, 1.54) is 0 Å². The van der Waals surface area contributed by atoms with Gasteiger partial charge in [0.1, 0.15) is 0 Å². The summed E-state index contributed by atoms with van der Waals surface area (Å²) in [6.45, 7) is 4.76. The molecule has 0 radical (unpaired) electrons. The number of benzene rings is 2. The van der Waals surface area contributed by atoms with Crippen LogP contribution in [0.4, 0.5) is 5.69 Å². The van der Waals surface area contributed by atoms with Gasteiger partial charge in [0.2, 0.25) is 5.91 Å². The molecule has 0 bridgehead atoms. The first-order valence-electron chi connectivity index (χ1n) is 10.4. The van der Waals surface area contributed by atoms with Crippen molar-refractivity contribution in [1.29, 1.82) is 0 Å². The zero-order valence-electron chi connectivity index (χ0n) is 17.8. The number of amides is 2. The number of hydrogen-bond acceptors (Lipinski definition) is 3. The molecular weight excluding hydrogens is 428 g/mol. The van der Waals surface area contributed by atoms with Gasteiger partial charge in [0.05, 0.1) is 22.7 Å². The Morgan fingerprint density at radius 1 is 1.10 bits per heavy atom. The fourth-order valence-electron chi connectivity index (χ4n) is 4.28. The van der Waals surface area contributed by atoms with E-state index in [0.29, 0.717) is 22.8 Å². The molecule has 4 rings (SSSR count). The number of carbonyl (C=O) groups is 2. The summed E-state index contributed by atoms with van der Waals surface area (Å²) >= 11 is 7.98. The number of fused-ring (bicyclic) bond motifs is 1. The van der Waals surface area contributed by atoms with Crippen molar-refractivity contribution in [3.05, 3.63) is 87.1 Å². The summed E-state index contributed by atoms with van der Waals surface area (Å²) in [5.41, 5.74) is 2.03. The van der Waals surface area contributed by atoms with Gasteiger partial charge >= 0.3 is 0 Å². The molecule has 2 atom stereocenters. The second kappa shape index (κ2) is 8.85. The number of carbonyl (C=O) groups excluding carboxylic acids is 2. The van der Waals surface area contributed by atoms with Gasteiger partial charge in [-0.3, -0.25) is 9.59 Å². The number of rotatable bonds is 5. The van der Waals surface area contributed by atoms with E-state index in [1.54, 1.807) is 29.4 Å². The fraction of sp³-hybridized carbons (Fsp3) is 0.280. The molecule has 2 amide bonds. The lowest BCUT2D eigenvalue weighted by Gasteiger charge is -2.43. The summed E-state index contributed by atoms with van der Waals surface area (Å²) < 4.78 is 0. The maximum absolute atomic E-state index is 14.0. The van der Waals surface area contributed by atoms with Crippen LogP contribution in [0.15, 0.2) is 66.0 Å². The summed E-state index contributed by atoms with van der Waals surface area (Å²) in [5.74, 6) is -0.353. The van der Waals surface area contributed by atoms with E-state index in [4.69, 9.17) is 11.6 Å². The Bertz CT molecular complexity index is 1100. The number of likely N-dealkylation sites (N-methyl/N-ethyl adjacent to an activating group) is 1. The van der Waals surface area contributed by atoms with Crippen molar-refractivity contribution in [2.24, 2.45) is 5.92 Å². The van der Waals surface area contributed by atoms with Crippen LogP contribution in [-0.4, -0.2) is 30.3 Å². The van der Waals surface area contributed by atoms with Gasteiger partial charge in [0.15, 0.2) is 0 Å². The van der Waals surface area contributed by atoms with E-state index in [-0.39, 0.29) is 23.8 Å². The molecule has 160 valence electrons. The summed E-state index contributed by atoms with van der Waals surface area (Å²) in [7, 11) is 1.75. The predicted molar refractivity (Wildman–Crippen MR) is 127 cm³/mol. The van der Waals surface area contributed by atoms with Crippen LogP contribution in [0, 0.1) is 5.92 Å². The van der Waals surface area contributed by atoms with Gasteiger partial charge in [0.25, 0.3) is 5.91 Å². The molecule has 2 unspecified atom stereocenters. The first-order valence-corrected chi connectivity index (χ1v) is 11.6. The van der Waals surface area contributed by atoms with Crippen LogP contribution in [0.1, 0.15) is 46.6 Å². The quantitative estimate of drug-likeness (QED) is 0.476. The topological polar surface area (TPSA) is 40.6 Å². The monoisotopic (exact) mass is 452 g/mol. The van der Waals surface area contributed by atoms with Crippen LogP contribution in [0.25, 0.3) is 0 Å². The Kier molecular flexibility index (Phi) is 6.17. The molecule has 1 aromatic heterocycles. The van der Waals surface area contributed by atoms with Gasteiger partial charge in [-0.1, -0.05) is 61.8 Å². The predicted octanol–water partition coefficient (Wildman–Crippen LogP) is 6.00. The van der Waals surface area contributed by atoms with Gasteiger partial charge in [-0.2, -0.15) is 0 Å². The number of para-hydroxylation sites is 1. The van der Waals surface area contributed by atoms with Crippen LogP contribution in [-0.2, 0) is 4.79 Å². The average molecular weight is 453 g/mol. The maximum atomic E-state index is 14.0. The SMILES string of the molecule is CC(C)CN1C(=O)c2ccccc2C(C(=O)N(C)c2ccccc2Cl)C1c1cccs1. The second-order valence-electron chi connectivity index (χ2n) is 8.23. The molecule has 2 aromatic carbocycles. The Morgan fingerprint density at radius 3 is 2.48 bits per heavy atom. The van der Waals surface area contributed by atoms with Gasteiger partial charge < -0.3 is 9.80 Å². The molecule has 0 saturated heterocycles. The number of hydrogen-bond donors (Lipinski definition) is 0. The van der Waals surface area contributed by atoms with Crippen molar-refractivity contribution in [2.45, 2.75) is 25.8 Å². The van der Waals surface area contributed by atoms with Crippen LogP contribution >= 0.6 is 22.9 Å². The Morgan fingerprint density at radius 2 is 1.81 bits per heavy atom. The van der Waals surface area contributed by atoms with E-state index in [2.05, 4.69) is 13.8 Å². The zero-order valence-corrected chi connectivity index (χ0v) is 19.4. The summed E-state index contributed by atoms with van der Waals surface area (Å²) in [6, 6.07) is 18.4. The molecule has 2 heterocycles. The highest BCUT2D eigenvalue weighted by molar-refractivity contribution is 7.10. The van der Waals surface area contributed by atoms with E-state index in [9.17, 15) is 9.59 Å². The minimum atomic E-state index is -0.521. The normalized spacial score (nSPS) is 18.2. The smallest absolute Gasteiger partial charge is 0.254 e. The number of nitrogens with zero attached hydrogens (tertiary/aromatic N) is 2. The van der Waals surface area contributed by atoms with E-state index in [1.807, 2.05) is 64.9 Å². The van der Waals surface area contributed by atoms with Gasteiger partial charge in [-0.25, -0.2) is 0 Å². The Hall–Kier alpha value is -2.63. The number of halogens is 1. The highest BCUT2D eigenvalue weighted by atomic mass is 35.5. The maximum Gasteiger partial charge on any atom is 0.254 e. The molecule has 6 heteroatoms. The van der Waals surface area contributed by atoms with Crippen LogP contribution < -0.4 is 4.90 Å². The third-order valence-corrected chi connectivity index (χ3v) is 6.91. The number of anilines is 1. The Labute approximate surface area is 192 Å². The third kappa shape index (κ3) is 4.00. The van der Waals surface area contributed by atoms with E-state index >= 15 is 0 Å². The standard InChI is InChI=1S/C25H25ClN2O2S/c1-16(2)15-28-23(21-13-8-14-31-21)22(17-9-4-5-10-18(17)24(28)29)25(30)27(3)20-12-7-6-11-19(20)26/h4-14,16,22-23H,15H2,1-3H3. The second-order valence-corrected chi connectivity index (χ2v) is 9.61. The summed E-state index contributed by atoms with van der Waals surface area (Å²) in [4.78, 5) is 32.0. The largest absolute Gasteiger partial charge is 0.329 e. The lowest BCUT2D eigenvalue weighted by molar-refractivity contribution is -0.121. The van der Waals surface area contributed by atoms with E-state index < -0.39 is 5.92 Å². The minimum absolute atomic E-state index is 0.0212. The molecule has 0 N–H and O–H groups in total. The van der Waals surface area contributed by atoms with Crippen molar-refractivity contribution in [3.8, 4) is 0 Å². The van der Waals surface area contributed by atoms with Gasteiger partial charge in [-0.15, -0.1) is 11.3 Å². The number of thiophene rings is 1. The highest BCUT2D eigenvalue weighted by Gasteiger charge is 2.45. The van der Waals surface area contributed by atoms with Gasteiger partial charge in [0, 0.05) is 24.0 Å². The molecule has 1 aliphatic rings. The molecular formula is C25H25ClN2O2S. The molecule has 0 aliphatic carbocycles. The first kappa shape index (κ1) is 21.6. The average Bonchev–Trinajstić information content (AvgIpc) is 3.29. The molecule has 0 spiro atoms. The lowest BCUT2D eigenvalue weighted by atomic mass is 9.80. The molecule has 31 heavy (non-hydrogen) atoms. The lowest BCUT2D eigenvalue weighted by Crippen LogP contribution is -2.48. The Balaban J connectivity index is 1.87. The van der Waals surface area contributed by atoms with Gasteiger partial charge in [-0.05, 0) is 41.1 Å². The first-order chi connectivity index (χ1) is 14.9. The van der Waals surface area contributed by atoms with Crippen molar-refractivity contribution in [1.82, 2.24) is 4.90 Å². The summed E-state index contributed by atoms with van der Waals surface area (Å²) in [5, 5.41) is 2.51. The van der Waals surface area contributed by atoms with Crippen molar-refractivity contribution in [3.63, 3.8) is 0 Å². The molecule has 1 aliphatic heterocycles. The molecule has 3 aromatic rings. The third-order valence-electron chi connectivity index (χ3n) is 5.65. The highest BCUT2D eigenvalue weighted by Crippen LogP contribution is 2.45.